The van der Waals surface area contributed by atoms with Crippen LogP contribution in [0.3, 0.4) is 0 Å². The van der Waals surface area contributed by atoms with Crippen LogP contribution in [-0.4, -0.2) is 37.0 Å². The van der Waals surface area contributed by atoms with E-state index in [4.69, 9.17) is 5.73 Å². The van der Waals surface area contributed by atoms with E-state index in [1.165, 1.54) is 5.56 Å². The number of hydrogen-bond donors (Lipinski definition) is 2. The van der Waals surface area contributed by atoms with Crippen molar-refractivity contribution < 1.29 is 4.79 Å². The van der Waals surface area contributed by atoms with Crippen molar-refractivity contribution in [3.8, 4) is 0 Å². The molecule has 3 N–H and O–H groups in total. The van der Waals surface area contributed by atoms with Gasteiger partial charge in [-0.05, 0) is 30.0 Å². The van der Waals surface area contributed by atoms with Gasteiger partial charge in [0.2, 0.25) is 5.91 Å². The minimum Gasteiger partial charge on any atom is -0.366 e. The zero-order chi connectivity index (χ0) is 14.4. The van der Waals surface area contributed by atoms with Crippen LogP contribution in [-0.2, 0) is 13.0 Å². The van der Waals surface area contributed by atoms with Crippen molar-refractivity contribution in [2.75, 3.05) is 26.2 Å². The van der Waals surface area contributed by atoms with E-state index in [1.54, 1.807) is 0 Å². The van der Waals surface area contributed by atoms with E-state index in [0.29, 0.717) is 5.56 Å². The summed E-state index contributed by atoms with van der Waals surface area (Å²) in [5.74, 6) is -0.312. The lowest BCUT2D eigenvalue weighted by Crippen LogP contribution is -2.43. The largest absolute Gasteiger partial charge is 0.366 e. The van der Waals surface area contributed by atoms with Crippen LogP contribution in [0.5, 0.6) is 0 Å². The molecule has 1 saturated heterocycles. The number of unbranched alkanes of at least 4 members (excludes halogenated alkanes) is 1. The summed E-state index contributed by atoms with van der Waals surface area (Å²) in [4.78, 5) is 14.1. The normalized spacial score (nSPS) is 16.2. The Kier molecular flexibility index (Phi) is 5.56. The average molecular weight is 275 g/mol. The first-order valence-corrected chi connectivity index (χ1v) is 7.56. The molecule has 1 fully saturated rings. The second kappa shape index (κ2) is 7.41. The molecule has 0 saturated carbocycles. The molecule has 20 heavy (non-hydrogen) atoms. The minimum absolute atomic E-state index is 0.312. The van der Waals surface area contributed by atoms with Gasteiger partial charge in [0, 0.05) is 38.3 Å². The van der Waals surface area contributed by atoms with Gasteiger partial charge in [-0.15, -0.1) is 0 Å². The van der Waals surface area contributed by atoms with Gasteiger partial charge in [0.15, 0.2) is 0 Å². The van der Waals surface area contributed by atoms with Crippen LogP contribution in [0, 0.1) is 0 Å². The standard InChI is InChI=1S/C16H25N3O/c1-2-3-5-13-6-4-7-14(16(17)20)15(13)12-19-10-8-18-9-11-19/h4,6-7,18H,2-3,5,8-12H2,1H3,(H2,17,20). The van der Waals surface area contributed by atoms with E-state index in [-0.39, 0.29) is 5.91 Å². The molecule has 1 aromatic carbocycles. The molecule has 0 bridgehead atoms. The molecule has 0 aromatic heterocycles. The third-order valence-corrected chi connectivity index (χ3v) is 3.93. The highest BCUT2D eigenvalue weighted by Gasteiger charge is 2.17. The number of benzene rings is 1. The first kappa shape index (κ1) is 15.0. The third-order valence-electron chi connectivity index (χ3n) is 3.93. The smallest absolute Gasteiger partial charge is 0.249 e. The van der Waals surface area contributed by atoms with Crippen molar-refractivity contribution in [1.82, 2.24) is 10.2 Å². The van der Waals surface area contributed by atoms with Gasteiger partial charge >= 0.3 is 0 Å². The van der Waals surface area contributed by atoms with Crippen LogP contribution in [0.2, 0.25) is 0 Å². The molecule has 0 aliphatic carbocycles. The summed E-state index contributed by atoms with van der Waals surface area (Å²) in [6.45, 7) is 7.11. The maximum Gasteiger partial charge on any atom is 0.249 e. The monoisotopic (exact) mass is 275 g/mol. The summed E-state index contributed by atoms with van der Waals surface area (Å²) in [5.41, 5.74) is 8.65. The Morgan fingerprint density at radius 2 is 2.10 bits per heavy atom. The van der Waals surface area contributed by atoms with E-state index in [0.717, 1.165) is 57.5 Å². The highest BCUT2D eigenvalue weighted by molar-refractivity contribution is 5.94. The van der Waals surface area contributed by atoms with Gasteiger partial charge in [-0.3, -0.25) is 9.69 Å². The number of nitrogens with zero attached hydrogens (tertiary/aromatic N) is 1. The third kappa shape index (κ3) is 3.81. The fraction of sp³-hybridized carbons (Fsp3) is 0.562. The molecule has 4 nitrogen and oxygen atoms in total. The van der Waals surface area contributed by atoms with Crippen LogP contribution in [0.1, 0.15) is 41.3 Å². The number of primary amides is 1. The lowest BCUT2D eigenvalue weighted by Gasteiger charge is -2.28. The van der Waals surface area contributed by atoms with E-state index in [2.05, 4.69) is 23.2 Å². The number of carbonyl (C=O) groups excluding carboxylic acids is 1. The molecular weight excluding hydrogens is 250 g/mol. The van der Waals surface area contributed by atoms with Gasteiger partial charge in [0.1, 0.15) is 0 Å². The Morgan fingerprint density at radius 1 is 1.35 bits per heavy atom. The van der Waals surface area contributed by atoms with Crippen LogP contribution in [0.15, 0.2) is 18.2 Å². The Bertz CT molecular complexity index is 453. The molecule has 1 aliphatic heterocycles. The number of amides is 1. The number of nitrogens with two attached hydrogens (primary N) is 1. The second-order valence-electron chi connectivity index (χ2n) is 5.44. The molecule has 1 amide bonds. The zero-order valence-corrected chi connectivity index (χ0v) is 12.3. The highest BCUT2D eigenvalue weighted by Crippen LogP contribution is 2.19. The summed E-state index contributed by atoms with van der Waals surface area (Å²) >= 11 is 0. The highest BCUT2D eigenvalue weighted by atomic mass is 16.1. The summed E-state index contributed by atoms with van der Waals surface area (Å²) in [6, 6.07) is 5.95. The van der Waals surface area contributed by atoms with Crippen molar-refractivity contribution in [1.29, 1.82) is 0 Å². The quantitative estimate of drug-likeness (QED) is 0.828. The lowest BCUT2D eigenvalue weighted by atomic mass is 9.96. The predicted molar refractivity (Wildman–Crippen MR) is 81.7 cm³/mol. The number of aryl methyl sites for hydroxylation is 1. The molecule has 0 unspecified atom stereocenters. The van der Waals surface area contributed by atoms with Crippen LogP contribution < -0.4 is 11.1 Å². The Morgan fingerprint density at radius 3 is 2.75 bits per heavy atom. The fourth-order valence-corrected chi connectivity index (χ4v) is 2.75. The Balaban J connectivity index is 2.22. The number of hydrogen-bond acceptors (Lipinski definition) is 3. The van der Waals surface area contributed by atoms with Gasteiger partial charge in [0.25, 0.3) is 0 Å². The SMILES string of the molecule is CCCCc1cccc(C(N)=O)c1CN1CCNCC1. The minimum atomic E-state index is -0.312. The predicted octanol–water partition coefficient (Wildman–Crippen LogP) is 1.53. The van der Waals surface area contributed by atoms with Crippen molar-refractivity contribution in [2.45, 2.75) is 32.7 Å². The van der Waals surface area contributed by atoms with Gasteiger partial charge in [0.05, 0.1) is 0 Å². The molecule has 110 valence electrons. The molecule has 0 spiro atoms. The maximum atomic E-state index is 11.7. The number of nitrogens with one attached hydrogen (secondary N) is 1. The Labute approximate surface area is 121 Å². The summed E-state index contributed by atoms with van der Waals surface area (Å²) in [7, 11) is 0. The van der Waals surface area contributed by atoms with E-state index in [9.17, 15) is 4.79 Å². The molecule has 0 radical (unpaired) electrons. The molecule has 1 heterocycles. The van der Waals surface area contributed by atoms with Gasteiger partial charge in [-0.2, -0.15) is 0 Å². The number of rotatable bonds is 6. The lowest BCUT2D eigenvalue weighted by molar-refractivity contribution is 0.0998. The Hall–Kier alpha value is -1.39. The first-order chi connectivity index (χ1) is 9.72. The summed E-state index contributed by atoms with van der Waals surface area (Å²) < 4.78 is 0. The number of carbonyl (C=O) groups is 1. The molecule has 0 atom stereocenters. The summed E-state index contributed by atoms with van der Waals surface area (Å²) in [5, 5.41) is 3.35. The van der Waals surface area contributed by atoms with Crippen molar-refractivity contribution in [3.63, 3.8) is 0 Å². The molecule has 1 aliphatic rings. The van der Waals surface area contributed by atoms with Crippen molar-refractivity contribution in [2.24, 2.45) is 5.73 Å². The van der Waals surface area contributed by atoms with Gasteiger partial charge in [-0.1, -0.05) is 25.5 Å². The van der Waals surface area contributed by atoms with Gasteiger partial charge < -0.3 is 11.1 Å². The van der Waals surface area contributed by atoms with E-state index < -0.39 is 0 Å². The molecule has 1 aromatic rings. The van der Waals surface area contributed by atoms with E-state index >= 15 is 0 Å². The van der Waals surface area contributed by atoms with Gasteiger partial charge in [-0.25, -0.2) is 0 Å². The molecule has 2 rings (SSSR count). The molecule has 4 heteroatoms. The van der Waals surface area contributed by atoms with Crippen LogP contribution in [0.25, 0.3) is 0 Å². The van der Waals surface area contributed by atoms with Crippen LogP contribution in [0.4, 0.5) is 0 Å². The second-order valence-corrected chi connectivity index (χ2v) is 5.44. The fourth-order valence-electron chi connectivity index (χ4n) is 2.75. The first-order valence-electron chi connectivity index (χ1n) is 7.56. The van der Waals surface area contributed by atoms with Crippen LogP contribution >= 0.6 is 0 Å². The topological polar surface area (TPSA) is 58.4 Å². The maximum absolute atomic E-state index is 11.7. The zero-order valence-electron chi connectivity index (χ0n) is 12.3. The van der Waals surface area contributed by atoms with E-state index in [1.807, 2.05) is 12.1 Å². The van der Waals surface area contributed by atoms with Crippen molar-refractivity contribution in [3.05, 3.63) is 34.9 Å². The van der Waals surface area contributed by atoms with Crippen molar-refractivity contribution >= 4 is 5.91 Å². The average Bonchev–Trinajstić information content (AvgIpc) is 2.47. The number of piperazine rings is 1. The molecular formula is C16H25N3O. The summed E-state index contributed by atoms with van der Waals surface area (Å²) in [6.07, 6.45) is 3.34.